The molecule has 3 nitrogen and oxygen atoms in total. The summed E-state index contributed by atoms with van der Waals surface area (Å²) in [6.07, 6.45) is 1.93. The van der Waals surface area contributed by atoms with Gasteiger partial charge in [-0.25, -0.2) is 0 Å². The van der Waals surface area contributed by atoms with E-state index in [0.29, 0.717) is 0 Å². The van der Waals surface area contributed by atoms with Crippen molar-refractivity contribution in [2.45, 2.75) is 12.3 Å². The van der Waals surface area contributed by atoms with Gasteiger partial charge in [-0.3, -0.25) is 9.36 Å². The van der Waals surface area contributed by atoms with Gasteiger partial charge in [-0.2, -0.15) is 0 Å². The highest BCUT2D eigenvalue weighted by Crippen LogP contribution is 2.31. The number of ether oxygens (including phenoxy) is 1. The van der Waals surface area contributed by atoms with Gasteiger partial charge in [0.2, 0.25) is 0 Å². The average molecular weight is 241 g/mol. The smallest absolute Gasteiger partial charge is 0.255 e. The molecule has 0 N–H and O–H groups in total. The minimum absolute atomic E-state index is 0.00575. The fraction of sp³-hybridized carbons (Fsp3) is 0.267. The number of nitrogens with zero attached hydrogens (tertiary/aromatic N) is 1. The van der Waals surface area contributed by atoms with E-state index < -0.39 is 0 Å². The number of benzene rings is 1. The maximum atomic E-state index is 11.9. The topological polar surface area (TPSA) is 31.2 Å². The minimum Gasteiger partial charge on any atom is -0.379 e. The Hall–Kier alpha value is -1.87. The van der Waals surface area contributed by atoms with E-state index in [1.807, 2.05) is 42.6 Å². The summed E-state index contributed by atoms with van der Waals surface area (Å²) in [7, 11) is 0. The van der Waals surface area contributed by atoms with E-state index in [1.54, 1.807) is 10.6 Å². The standard InChI is InChI=1S/C15H15NO2/c1-15(10-18-11-15)12-7-8-14(17)16(9-12)13-5-3-2-4-6-13/h2-9H,10-11H2,1H3. The third-order valence-corrected chi connectivity index (χ3v) is 3.48. The van der Waals surface area contributed by atoms with Gasteiger partial charge in [-0.05, 0) is 17.7 Å². The summed E-state index contributed by atoms with van der Waals surface area (Å²) in [4.78, 5) is 11.9. The molecule has 18 heavy (non-hydrogen) atoms. The zero-order chi connectivity index (χ0) is 12.6. The lowest BCUT2D eigenvalue weighted by Gasteiger charge is -2.38. The molecule has 1 saturated heterocycles. The molecule has 1 aromatic carbocycles. The van der Waals surface area contributed by atoms with Crippen LogP contribution in [0.15, 0.2) is 53.5 Å². The Morgan fingerprint density at radius 2 is 1.83 bits per heavy atom. The molecule has 3 rings (SSSR count). The Balaban J connectivity index is 2.10. The van der Waals surface area contributed by atoms with Gasteiger partial charge in [0.25, 0.3) is 5.56 Å². The summed E-state index contributed by atoms with van der Waals surface area (Å²) in [5.74, 6) is 0. The summed E-state index contributed by atoms with van der Waals surface area (Å²) in [6, 6.07) is 13.2. The molecular formula is C15H15NO2. The number of pyridine rings is 1. The molecular weight excluding hydrogens is 226 g/mol. The number of para-hydroxylation sites is 1. The van der Waals surface area contributed by atoms with Gasteiger partial charge in [0.1, 0.15) is 0 Å². The SMILES string of the molecule is CC1(c2ccc(=O)n(-c3ccccc3)c2)COC1. The van der Waals surface area contributed by atoms with E-state index in [1.165, 1.54) is 0 Å². The van der Waals surface area contributed by atoms with E-state index in [0.717, 1.165) is 24.5 Å². The maximum absolute atomic E-state index is 11.9. The molecule has 0 amide bonds. The third kappa shape index (κ3) is 1.77. The van der Waals surface area contributed by atoms with Crippen LogP contribution >= 0.6 is 0 Å². The first-order valence-corrected chi connectivity index (χ1v) is 6.05. The lowest BCUT2D eigenvalue weighted by molar-refractivity contribution is -0.0502. The molecule has 3 heteroatoms. The molecule has 0 bridgehead atoms. The van der Waals surface area contributed by atoms with Crippen molar-refractivity contribution in [3.05, 3.63) is 64.6 Å². The molecule has 0 unspecified atom stereocenters. The van der Waals surface area contributed by atoms with Gasteiger partial charge in [0, 0.05) is 23.4 Å². The van der Waals surface area contributed by atoms with E-state index in [4.69, 9.17) is 4.74 Å². The fourth-order valence-electron chi connectivity index (χ4n) is 2.21. The van der Waals surface area contributed by atoms with Crippen LogP contribution in [0, 0.1) is 0 Å². The minimum atomic E-state index is -0.00575. The Bertz CT molecular complexity index is 612. The molecule has 1 aromatic heterocycles. The highest BCUT2D eigenvalue weighted by molar-refractivity contribution is 5.34. The Kier molecular flexibility index (Phi) is 2.56. The first-order valence-electron chi connectivity index (χ1n) is 6.05. The van der Waals surface area contributed by atoms with Gasteiger partial charge in [0.15, 0.2) is 0 Å². The van der Waals surface area contributed by atoms with Crippen molar-refractivity contribution in [2.24, 2.45) is 0 Å². The summed E-state index contributed by atoms with van der Waals surface area (Å²) >= 11 is 0. The van der Waals surface area contributed by atoms with Crippen molar-refractivity contribution in [2.75, 3.05) is 13.2 Å². The summed E-state index contributed by atoms with van der Waals surface area (Å²) in [5, 5.41) is 0. The second-order valence-electron chi connectivity index (χ2n) is 5.02. The molecule has 92 valence electrons. The lowest BCUT2D eigenvalue weighted by Crippen LogP contribution is -2.44. The van der Waals surface area contributed by atoms with Gasteiger partial charge in [-0.15, -0.1) is 0 Å². The van der Waals surface area contributed by atoms with Gasteiger partial charge in [-0.1, -0.05) is 31.2 Å². The second kappa shape index (κ2) is 4.10. The van der Waals surface area contributed by atoms with Crippen LogP contribution < -0.4 is 5.56 Å². The van der Waals surface area contributed by atoms with E-state index in [-0.39, 0.29) is 11.0 Å². The molecule has 0 radical (unpaired) electrons. The maximum Gasteiger partial charge on any atom is 0.255 e. The van der Waals surface area contributed by atoms with Crippen molar-refractivity contribution in [1.29, 1.82) is 0 Å². The van der Waals surface area contributed by atoms with E-state index >= 15 is 0 Å². The van der Waals surface area contributed by atoms with Gasteiger partial charge in [0.05, 0.1) is 13.2 Å². The highest BCUT2D eigenvalue weighted by atomic mass is 16.5. The average Bonchev–Trinajstić information content (AvgIpc) is 2.37. The summed E-state index contributed by atoms with van der Waals surface area (Å²) < 4.78 is 6.97. The highest BCUT2D eigenvalue weighted by Gasteiger charge is 2.35. The van der Waals surface area contributed by atoms with Crippen LogP contribution in [-0.4, -0.2) is 17.8 Å². The van der Waals surface area contributed by atoms with Crippen LogP contribution in [0.25, 0.3) is 5.69 Å². The van der Waals surface area contributed by atoms with Crippen molar-refractivity contribution in [3.8, 4) is 5.69 Å². The largest absolute Gasteiger partial charge is 0.379 e. The number of aromatic nitrogens is 1. The van der Waals surface area contributed by atoms with Crippen LogP contribution in [0.2, 0.25) is 0 Å². The van der Waals surface area contributed by atoms with Crippen LogP contribution in [0.4, 0.5) is 0 Å². The molecule has 1 aliphatic heterocycles. The summed E-state index contributed by atoms with van der Waals surface area (Å²) in [5.41, 5.74) is 2.09. The van der Waals surface area contributed by atoms with Crippen molar-refractivity contribution < 1.29 is 4.74 Å². The Morgan fingerprint density at radius 3 is 2.44 bits per heavy atom. The zero-order valence-corrected chi connectivity index (χ0v) is 10.3. The van der Waals surface area contributed by atoms with Crippen LogP contribution in [-0.2, 0) is 10.2 Å². The number of rotatable bonds is 2. The molecule has 0 atom stereocenters. The van der Waals surface area contributed by atoms with Crippen LogP contribution in [0.1, 0.15) is 12.5 Å². The summed E-state index contributed by atoms with van der Waals surface area (Å²) in [6.45, 7) is 3.60. The normalized spacial score (nSPS) is 17.2. The Morgan fingerprint density at radius 1 is 1.11 bits per heavy atom. The van der Waals surface area contributed by atoms with Crippen LogP contribution in [0.3, 0.4) is 0 Å². The van der Waals surface area contributed by atoms with Gasteiger partial charge < -0.3 is 4.74 Å². The molecule has 1 fully saturated rings. The monoisotopic (exact) mass is 241 g/mol. The zero-order valence-electron chi connectivity index (χ0n) is 10.3. The Labute approximate surface area is 106 Å². The van der Waals surface area contributed by atoms with E-state index in [2.05, 4.69) is 6.92 Å². The number of hydrogen-bond acceptors (Lipinski definition) is 2. The predicted octanol–water partition coefficient (Wildman–Crippen LogP) is 2.13. The first kappa shape index (κ1) is 11.2. The van der Waals surface area contributed by atoms with Crippen molar-refractivity contribution in [3.63, 3.8) is 0 Å². The van der Waals surface area contributed by atoms with E-state index in [9.17, 15) is 4.79 Å². The number of hydrogen-bond donors (Lipinski definition) is 0. The van der Waals surface area contributed by atoms with Crippen molar-refractivity contribution >= 4 is 0 Å². The second-order valence-corrected chi connectivity index (χ2v) is 5.02. The lowest BCUT2D eigenvalue weighted by atomic mass is 9.82. The van der Waals surface area contributed by atoms with Gasteiger partial charge >= 0.3 is 0 Å². The molecule has 0 spiro atoms. The fourth-order valence-corrected chi connectivity index (χ4v) is 2.21. The van der Waals surface area contributed by atoms with Crippen molar-refractivity contribution in [1.82, 2.24) is 4.57 Å². The molecule has 1 aliphatic rings. The quantitative estimate of drug-likeness (QED) is 0.806. The molecule has 2 heterocycles. The first-order chi connectivity index (χ1) is 8.69. The third-order valence-electron chi connectivity index (χ3n) is 3.48. The molecule has 0 saturated carbocycles. The predicted molar refractivity (Wildman–Crippen MR) is 70.2 cm³/mol. The molecule has 2 aromatic rings. The van der Waals surface area contributed by atoms with Crippen LogP contribution in [0.5, 0.6) is 0 Å². The molecule has 0 aliphatic carbocycles.